The van der Waals surface area contributed by atoms with Crippen molar-refractivity contribution in [1.82, 2.24) is 4.90 Å². The number of ether oxygens (including phenoxy) is 2. The monoisotopic (exact) mass is 249 g/mol. The SMILES string of the molecule is COc1ccc(C(=O)CN2CCCC2)c(OC)c1. The van der Waals surface area contributed by atoms with E-state index in [2.05, 4.69) is 4.90 Å². The Balaban J connectivity index is 2.13. The molecule has 0 spiro atoms. The van der Waals surface area contributed by atoms with Crippen LogP contribution in [0.1, 0.15) is 23.2 Å². The van der Waals surface area contributed by atoms with Gasteiger partial charge in [0.25, 0.3) is 0 Å². The summed E-state index contributed by atoms with van der Waals surface area (Å²) in [6, 6.07) is 5.31. The zero-order chi connectivity index (χ0) is 13.0. The van der Waals surface area contributed by atoms with Crippen LogP contribution in [0.3, 0.4) is 0 Å². The van der Waals surface area contributed by atoms with Gasteiger partial charge in [-0.3, -0.25) is 9.69 Å². The number of methoxy groups -OCH3 is 2. The Kier molecular flexibility index (Phi) is 4.20. The van der Waals surface area contributed by atoms with Gasteiger partial charge < -0.3 is 9.47 Å². The summed E-state index contributed by atoms with van der Waals surface area (Å²) in [5.74, 6) is 1.39. The van der Waals surface area contributed by atoms with Gasteiger partial charge in [-0.25, -0.2) is 0 Å². The first kappa shape index (κ1) is 12.9. The first-order valence-corrected chi connectivity index (χ1v) is 6.22. The molecular formula is C14H19NO3. The molecule has 0 N–H and O–H groups in total. The normalized spacial score (nSPS) is 15.7. The number of benzene rings is 1. The summed E-state index contributed by atoms with van der Waals surface area (Å²) in [5, 5.41) is 0. The lowest BCUT2D eigenvalue weighted by molar-refractivity contribution is 0.0942. The van der Waals surface area contributed by atoms with Crippen molar-refractivity contribution in [2.24, 2.45) is 0 Å². The van der Waals surface area contributed by atoms with Gasteiger partial charge in [0.2, 0.25) is 0 Å². The zero-order valence-electron chi connectivity index (χ0n) is 10.9. The quantitative estimate of drug-likeness (QED) is 0.748. The van der Waals surface area contributed by atoms with E-state index in [4.69, 9.17) is 9.47 Å². The molecule has 0 aliphatic carbocycles. The highest BCUT2D eigenvalue weighted by molar-refractivity contribution is 6.00. The highest BCUT2D eigenvalue weighted by atomic mass is 16.5. The Labute approximate surface area is 107 Å². The van der Waals surface area contributed by atoms with Crippen molar-refractivity contribution in [2.75, 3.05) is 33.9 Å². The van der Waals surface area contributed by atoms with Gasteiger partial charge in [0, 0.05) is 6.07 Å². The van der Waals surface area contributed by atoms with E-state index in [0.29, 0.717) is 23.6 Å². The van der Waals surface area contributed by atoms with Crippen LogP contribution in [0.15, 0.2) is 18.2 Å². The fourth-order valence-electron chi connectivity index (χ4n) is 2.26. The molecule has 1 aromatic carbocycles. The predicted octanol–water partition coefficient (Wildman–Crippen LogP) is 1.98. The van der Waals surface area contributed by atoms with Crippen molar-refractivity contribution in [1.29, 1.82) is 0 Å². The van der Waals surface area contributed by atoms with Gasteiger partial charge in [-0.15, -0.1) is 0 Å². The molecule has 0 amide bonds. The molecule has 2 rings (SSSR count). The summed E-state index contributed by atoms with van der Waals surface area (Å²) in [4.78, 5) is 14.4. The average molecular weight is 249 g/mol. The van der Waals surface area contributed by atoms with Crippen LogP contribution in [0.25, 0.3) is 0 Å². The van der Waals surface area contributed by atoms with Crippen LogP contribution in [-0.2, 0) is 0 Å². The van der Waals surface area contributed by atoms with E-state index in [9.17, 15) is 4.79 Å². The highest BCUT2D eigenvalue weighted by Crippen LogP contribution is 2.25. The summed E-state index contributed by atoms with van der Waals surface area (Å²) >= 11 is 0. The number of likely N-dealkylation sites (tertiary alicyclic amines) is 1. The Morgan fingerprint density at radius 3 is 2.56 bits per heavy atom. The van der Waals surface area contributed by atoms with Gasteiger partial charge in [-0.1, -0.05) is 0 Å². The summed E-state index contributed by atoms with van der Waals surface area (Å²) < 4.78 is 10.4. The fourth-order valence-corrected chi connectivity index (χ4v) is 2.26. The molecule has 1 aliphatic heterocycles. The molecule has 18 heavy (non-hydrogen) atoms. The predicted molar refractivity (Wildman–Crippen MR) is 69.6 cm³/mol. The van der Waals surface area contributed by atoms with Crippen LogP contribution in [0.2, 0.25) is 0 Å². The van der Waals surface area contributed by atoms with E-state index in [-0.39, 0.29) is 5.78 Å². The fraction of sp³-hybridized carbons (Fsp3) is 0.500. The molecule has 0 atom stereocenters. The number of Topliss-reactive ketones (excluding diaryl/α,β-unsaturated/α-hetero) is 1. The second-order valence-corrected chi connectivity index (χ2v) is 4.47. The topological polar surface area (TPSA) is 38.8 Å². The Bertz CT molecular complexity index is 425. The summed E-state index contributed by atoms with van der Waals surface area (Å²) in [5.41, 5.74) is 0.630. The van der Waals surface area contributed by atoms with E-state index in [1.54, 1.807) is 32.4 Å². The Hall–Kier alpha value is -1.55. The minimum atomic E-state index is 0.108. The van der Waals surface area contributed by atoms with Crippen LogP contribution < -0.4 is 9.47 Å². The number of ketones is 1. The third-order valence-electron chi connectivity index (χ3n) is 3.27. The minimum absolute atomic E-state index is 0.108. The maximum absolute atomic E-state index is 12.2. The van der Waals surface area contributed by atoms with Gasteiger partial charge in [0.05, 0.1) is 26.3 Å². The summed E-state index contributed by atoms with van der Waals surface area (Å²) in [6.45, 7) is 2.51. The first-order chi connectivity index (χ1) is 8.74. The number of hydrogen-bond donors (Lipinski definition) is 0. The van der Waals surface area contributed by atoms with Crippen molar-refractivity contribution in [3.8, 4) is 11.5 Å². The van der Waals surface area contributed by atoms with E-state index in [1.165, 1.54) is 12.8 Å². The zero-order valence-corrected chi connectivity index (χ0v) is 10.9. The molecule has 0 unspecified atom stereocenters. The second kappa shape index (κ2) is 5.87. The lowest BCUT2D eigenvalue weighted by Crippen LogP contribution is -2.27. The van der Waals surface area contributed by atoms with Crippen molar-refractivity contribution < 1.29 is 14.3 Å². The van der Waals surface area contributed by atoms with Crippen LogP contribution in [0.5, 0.6) is 11.5 Å². The first-order valence-electron chi connectivity index (χ1n) is 6.22. The van der Waals surface area contributed by atoms with Crippen LogP contribution in [0.4, 0.5) is 0 Å². The smallest absolute Gasteiger partial charge is 0.180 e. The van der Waals surface area contributed by atoms with Crippen molar-refractivity contribution in [2.45, 2.75) is 12.8 Å². The van der Waals surface area contributed by atoms with Crippen LogP contribution in [-0.4, -0.2) is 44.5 Å². The van der Waals surface area contributed by atoms with Gasteiger partial charge in [-0.05, 0) is 38.1 Å². The van der Waals surface area contributed by atoms with Gasteiger partial charge in [0.1, 0.15) is 11.5 Å². The molecule has 1 aliphatic rings. The third kappa shape index (κ3) is 2.82. The van der Waals surface area contributed by atoms with E-state index >= 15 is 0 Å². The number of carbonyl (C=O) groups excluding carboxylic acids is 1. The van der Waals surface area contributed by atoms with Crippen molar-refractivity contribution in [3.63, 3.8) is 0 Å². The minimum Gasteiger partial charge on any atom is -0.497 e. The number of nitrogens with zero attached hydrogens (tertiary/aromatic N) is 1. The lowest BCUT2D eigenvalue weighted by Gasteiger charge is -2.15. The van der Waals surface area contributed by atoms with E-state index in [0.717, 1.165) is 13.1 Å². The molecular weight excluding hydrogens is 230 g/mol. The van der Waals surface area contributed by atoms with Gasteiger partial charge in [0.15, 0.2) is 5.78 Å². The molecule has 1 fully saturated rings. The maximum atomic E-state index is 12.2. The molecule has 98 valence electrons. The van der Waals surface area contributed by atoms with Gasteiger partial charge >= 0.3 is 0 Å². The maximum Gasteiger partial charge on any atom is 0.180 e. The standard InChI is InChI=1S/C14H19NO3/c1-17-11-5-6-12(14(9-11)18-2)13(16)10-15-7-3-4-8-15/h5-6,9H,3-4,7-8,10H2,1-2H3. The van der Waals surface area contributed by atoms with Crippen molar-refractivity contribution >= 4 is 5.78 Å². The van der Waals surface area contributed by atoms with Gasteiger partial charge in [-0.2, -0.15) is 0 Å². The summed E-state index contributed by atoms with van der Waals surface area (Å²) in [6.07, 6.45) is 2.38. The Morgan fingerprint density at radius 2 is 1.94 bits per heavy atom. The number of rotatable bonds is 5. The van der Waals surface area contributed by atoms with Crippen LogP contribution in [0, 0.1) is 0 Å². The number of carbonyl (C=O) groups is 1. The molecule has 0 aromatic heterocycles. The molecule has 0 saturated carbocycles. The van der Waals surface area contributed by atoms with Crippen molar-refractivity contribution in [3.05, 3.63) is 23.8 Å². The average Bonchev–Trinajstić information content (AvgIpc) is 2.90. The summed E-state index contributed by atoms with van der Waals surface area (Å²) in [7, 11) is 3.17. The van der Waals surface area contributed by atoms with E-state index < -0.39 is 0 Å². The molecule has 4 nitrogen and oxygen atoms in total. The second-order valence-electron chi connectivity index (χ2n) is 4.47. The largest absolute Gasteiger partial charge is 0.497 e. The highest BCUT2D eigenvalue weighted by Gasteiger charge is 2.19. The van der Waals surface area contributed by atoms with E-state index in [1.807, 2.05) is 0 Å². The lowest BCUT2D eigenvalue weighted by atomic mass is 10.1. The van der Waals surface area contributed by atoms with Crippen LogP contribution >= 0.6 is 0 Å². The molecule has 1 heterocycles. The molecule has 0 bridgehead atoms. The third-order valence-corrected chi connectivity index (χ3v) is 3.27. The Morgan fingerprint density at radius 1 is 1.22 bits per heavy atom. The molecule has 1 aromatic rings. The molecule has 4 heteroatoms. The molecule has 1 saturated heterocycles. The number of hydrogen-bond acceptors (Lipinski definition) is 4. The molecule has 0 radical (unpaired) electrons.